The van der Waals surface area contributed by atoms with E-state index in [1.165, 1.54) is 24.1 Å². The quantitative estimate of drug-likeness (QED) is 0.909. The van der Waals surface area contributed by atoms with Crippen molar-refractivity contribution in [1.82, 2.24) is 4.90 Å². The largest absolute Gasteiger partial charge is 0.418 e. The molecule has 7 heteroatoms. The van der Waals surface area contributed by atoms with Crippen LogP contribution in [0.3, 0.4) is 0 Å². The number of hydrogen-bond donors (Lipinski definition) is 1. The molecule has 21 heavy (non-hydrogen) atoms. The second-order valence-corrected chi connectivity index (χ2v) is 4.30. The van der Waals surface area contributed by atoms with Crippen molar-refractivity contribution in [2.45, 2.75) is 19.5 Å². The minimum absolute atomic E-state index is 0.0406. The lowest BCUT2D eigenvalue weighted by Gasteiger charge is -2.21. The highest BCUT2D eigenvalue weighted by molar-refractivity contribution is 5.95. The molecular formula is C14H16F3N3O. The Labute approximate surface area is 121 Å². The fraction of sp³-hybridized carbons (Fsp3) is 0.429. The molecule has 1 N–H and O–H groups in total. The predicted molar refractivity (Wildman–Crippen MR) is 72.8 cm³/mol. The maximum absolute atomic E-state index is 13.0. The highest BCUT2D eigenvalue weighted by Crippen LogP contribution is 2.35. The van der Waals surface area contributed by atoms with Crippen LogP contribution < -0.4 is 5.32 Å². The Morgan fingerprint density at radius 3 is 2.57 bits per heavy atom. The van der Waals surface area contributed by atoms with E-state index in [0.29, 0.717) is 6.54 Å². The van der Waals surface area contributed by atoms with Gasteiger partial charge in [-0.3, -0.25) is 4.79 Å². The number of carbonyl (C=O) groups is 1. The van der Waals surface area contributed by atoms with Crippen molar-refractivity contribution in [2.75, 3.05) is 25.5 Å². The molecule has 1 aromatic carbocycles. The third kappa shape index (κ3) is 4.12. The highest BCUT2D eigenvalue weighted by atomic mass is 19.4. The summed E-state index contributed by atoms with van der Waals surface area (Å²) in [5.41, 5.74) is -1.01. The zero-order valence-corrected chi connectivity index (χ0v) is 11.8. The van der Waals surface area contributed by atoms with Gasteiger partial charge in [0.2, 0.25) is 0 Å². The van der Waals surface area contributed by atoms with Gasteiger partial charge in [-0.15, -0.1) is 0 Å². The molecule has 0 unspecified atom stereocenters. The van der Waals surface area contributed by atoms with Gasteiger partial charge in [-0.1, -0.05) is 0 Å². The Kier molecular flexibility index (Phi) is 5.59. The first kappa shape index (κ1) is 16.8. The number of hydrogen-bond acceptors (Lipinski definition) is 3. The predicted octanol–water partition coefficient (Wildman–Crippen LogP) is 3.12. The summed E-state index contributed by atoms with van der Waals surface area (Å²) in [6, 6.07) is 5.32. The Bertz CT molecular complexity index is 549. The Balaban J connectivity index is 3.14. The van der Waals surface area contributed by atoms with Crippen LogP contribution in [-0.4, -0.2) is 30.9 Å². The summed E-state index contributed by atoms with van der Waals surface area (Å²) >= 11 is 0. The molecule has 0 saturated carbocycles. The molecule has 4 nitrogen and oxygen atoms in total. The lowest BCUT2D eigenvalue weighted by atomic mass is 10.1. The molecule has 0 fully saturated rings. The van der Waals surface area contributed by atoms with Crippen molar-refractivity contribution >= 4 is 11.6 Å². The van der Waals surface area contributed by atoms with Gasteiger partial charge in [0.1, 0.15) is 0 Å². The number of nitrogens with zero attached hydrogens (tertiary/aromatic N) is 2. The zero-order chi connectivity index (χ0) is 16.0. The van der Waals surface area contributed by atoms with Gasteiger partial charge in [0, 0.05) is 31.4 Å². The zero-order valence-electron chi connectivity index (χ0n) is 11.8. The first-order valence-electron chi connectivity index (χ1n) is 6.40. The second-order valence-electron chi connectivity index (χ2n) is 4.30. The van der Waals surface area contributed by atoms with Crippen LogP contribution in [0.5, 0.6) is 0 Å². The number of nitrogens with one attached hydrogen (secondary N) is 1. The van der Waals surface area contributed by atoms with Gasteiger partial charge >= 0.3 is 6.18 Å². The van der Waals surface area contributed by atoms with E-state index in [1.807, 2.05) is 6.07 Å². The van der Waals surface area contributed by atoms with Crippen LogP contribution in [0.2, 0.25) is 0 Å². The summed E-state index contributed by atoms with van der Waals surface area (Å²) in [6.45, 7) is 2.23. The summed E-state index contributed by atoms with van der Waals surface area (Å²) in [5, 5.41) is 11.0. The number of benzene rings is 1. The van der Waals surface area contributed by atoms with E-state index in [1.54, 1.807) is 6.92 Å². The fourth-order valence-corrected chi connectivity index (χ4v) is 1.90. The molecule has 0 aromatic heterocycles. The summed E-state index contributed by atoms with van der Waals surface area (Å²) in [5.74, 6) is -0.513. The molecule has 0 radical (unpaired) electrons. The highest BCUT2D eigenvalue weighted by Gasteiger charge is 2.34. The lowest BCUT2D eigenvalue weighted by Crippen LogP contribution is -2.31. The van der Waals surface area contributed by atoms with Gasteiger partial charge in [0.15, 0.2) is 0 Å². The maximum atomic E-state index is 13.0. The van der Waals surface area contributed by atoms with Crippen LogP contribution in [0.4, 0.5) is 18.9 Å². The van der Waals surface area contributed by atoms with E-state index in [9.17, 15) is 18.0 Å². The van der Waals surface area contributed by atoms with E-state index in [0.717, 1.165) is 6.07 Å². The van der Waals surface area contributed by atoms with E-state index >= 15 is 0 Å². The molecule has 0 bridgehead atoms. The standard InChI is InChI=1S/C14H16F3N3O/c1-3-20(8-4-7-18)13(21)10-5-6-12(19-2)11(9-10)14(15,16)17/h5-6,9,19H,3-4,8H2,1-2H3. The van der Waals surface area contributed by atoms with Crippen molar-refractivity contribution in [3.63, 3.8) is 0 Å². The number of halogens is 3. The van der Waals surface area contributed by atoms with E-state index in [2.05, 4.69) is 5.32 Å². The average molecular weight is 299 g/mol. The fourth-order valence-electron chi connectivity index (χ4n) is 1.90. The molecule has 0 aliphatic carbocycles. The minimum atomic E-state index is -4.54. The average Bonchev–Trinajstić information content (AvgIpc) is 2.46. The third-order valence-corrected chi connectivity index (χ3v) is 3.00. The number of rotatable bonds is 5. The number of nitriles is 1. The monoisotopic (exact) mass is 299 g/mol. The Hall–Kier alpha value is -2.23. The van der Waals surface area contributed by atoms with Gasteiger partial charge in [0.25, 0.3) is 5.91 Å². The molecule has 0 saturated heterocycles. The first-order chi connectivity index (χ1) is 9.85. The first-order valence-corrected chi connectivity index (χ1v) is 6.40. The summed E-state index contributed by atoms with van der Waals surface area (Å²) in [7, 11) is 1.39. The number of anilines is 1. The van der Waals surface area contributed by atoms with Crippen LogP contribution in [0, 0.1) is 11.3 Å². The Morgan fingerprint density at radius 1 is 1.43 bits per heavy atom. The molecule has 0 aliphatic rings. The van der Waals surface area contributed by atoms with Crippen molar-refractivity contribution in [2.24, 2.45) is 0 Å². The van der Waals surface area contributed by atoms with Crippen LogP contribution in [0.15, 0.2) is 18.2 Å². The van der Waals surface area contributed by atoms with Gasteiger partial charge in [-0.2, -0.15) is 18.4 Å². The summed E-state index contributed by atoms with van der Waals surface area (Å²) < 4.78 is 38.9. The molecule has 0 heterocycles. The third-order valence-electron chi connectivity index (χ3n) is 3.00. The maximum Gasteiger partial charge on any atom is 0.418 e. The molecule has 0 aliphatic heterocycles. The van der Waals surface area contributed by atoms with Crippen molar-refractivity contribution in [1.29, 1.82) is 5.26 Å². The molecule has 1 amide bonds. The molecule has 0 spiro atoms. The van der Waals surface area contributed by atoms with Gasteiger partial charge in [-0.25, -0.2) is 0 Å². The van der Waals surface area contributed by atoms with Crippen LogP contribution in [0.1, 0.15) is 29.3 Å². The van der Waals surface area contributed by atoms with Crippen molar-refractivity contribution < 1.29 is 18.0 Å². The number of carbonyl (C=O) groups excluding carboxylic acids is 1. The molecule has 1 rings (SSSR count). The second kappa shape index (κ2) is 6.97. The lowest BCUT2D eigenvalue weighted by molar-refractivity contribution is -0.136. The smallest absolute Gasteiger partial charge is 0.388 e. The van der Waals surface area contributed by atoms with E-state index in [-0.39, 0.29) is 24.2 Å². The Morgan fingerprint density at radius 2 is 2.10 bits per heavy atom. The topological polar surface area (TPSA) is 56.1 Å². The number of amides is 1. The molecule has 0 atom stereocenters. The van der Waals surface area contributed by atoms with Crippen LogP contribution >= 0.6 is 0 Å². The molecular weight excluding hydrogens is 283 g/mol. The minimum Gasteiger partial charge on any atom is -0.388 e. The van der Waals surface area contributed by atoms with Crippen LogP contribution in [0.25, 0.3) is 0 Å². The van der Waals surface area contributed by atoms with Crippen molar-refractivity contribution in [3.8, 4) is 6.07 Å². The van der Waals surface area contributed by atoms with Crippen molar-refractivity contribution in [3.05, 3.63) is 29.3 Å². The number of alkyl halides is 3. The van der Waals surface area contributed by atoms with Gasteiger partial charge in [-0.05, 0) is 25.1 Å². The van der Waals surface area contributed by atoms with Gasteiger partial charge < -0.3 is 10.2 Å². The normalized spacial score (nSPS) is 10.9. The van der Waals surface area contributed by atoms with Crippen LogP contribution in [-0.2, 0) is 6.18 Å². The van der Waals surface area contributed by atoms with E-state index < -0.39 is 17.6 Å². The molecule has 1 aromatic rings. The summed E-state index contributed by atoms with van der Waals surface area (Å²) in [4.78, 5) is 13.5. The molecule has 114 valence electrons. The van der Waals surface area contributed by atoms with Gasteiger partial charge in [0.05, 0.1) is 18.1 Å². The SMILES string of the molecule is CCN(CCC#N)C(=O)c1ccc(NC)c(C(F)(F)F)c1. The summed E-state index contributed by atoms with van der Waals surface area (Å²) in [6.07, 6.45) is -4.40. The van der Waals surface area contributed by atoms with E-state index in [4.69, 9.17) is 5.26 Å².